The number of piperidine rings is 1. The van der Waals surface area contributed by atoms with Crippen molar-refractivity contribution in [3.05, 3.63) is 29.3 Å². The van der Waals surface area contributed by atoms with Crippen LogP contribution in [0.15, 0.2) is 34.5 Å². The molecule has 0 spiro atoms. The van der Waals surface area contributed by atoms with Gasteiger partial charge in [0.15, 0.2) is 0 Å². The summed E-state index contributed by atoms with van der Waals surface area (Å²) < 4.78 is 0. The molecule has 1 aromatic rings. The van der Waals surface area contributed by atoms with Gasteiger partial charge < -0.3 is 4.90 Å². The molecule has 4 aliphatic rings. The van der Waals surface area contributed by atoms with E-state index in [0.717, 1.165) is 28.9 Å². The highest BCUT2D eigenvalue weighted by molar-refractivity contribution is 6.30. The second-order valence-corrected chi connectivity index (χ2v) is 6.08. The van der Waals surface area contributed by atoms with E-state index < -0.39 is 0 Å². The van der Waals surface area contributed by atoms with Crippen LogP contribution in [-0.2, 0) is 0 Å². The largest absolute Gasteiger partial charge is 0.361 e. The Balaban J connectivity index is 1.49. The summed E-state index contributed by atoms with van der Waals surface area (Å²) in [5.41, 5.74) is 1.32. The van der Waals surface area contributed by atoms with Gasteiger partial charge in [0.1, 0.15) is 12.1 Å². The minimum Gasteiger partial charge on any atom is -0.361 e. The summed E-state index contributed by atoms with van der Waals surface area (Å²) in [4.78, 5) is 2.55. The molecule has 3 nitrogen and oxygen atoms in total. The second-order valence-electron chi connectivity index (χ2n) is 5.64. The third kappa shape index (κ3) is 0.922. The van der Waals surface area contributed by atoms with Crippen LogP contribution in [0, 0.1) is 11.8 Å². The molecule has 2 aliphatic heterocycles. The van der Waals surface area contributed by atoms with Gasteiger partial charge in [-0.3, -0.25) is 0 Å². The average molecular weight is 246 g/mol. The van der Waals surface area contributed by atoms with Crippen LogP contribution in [0.3, 0.4) is 0 Å². The number of halogens is 1. The molecule has 5 rings (SSSR count). The Bertz CT molecular complexity index is 502. The van der Waals surface area contributed by atoms with Crippen LogP contribution < -0.4 is 4.90 Å². The van der Waals surface area contributed by atoms with Crippen LogP contribution in [0.1, 0.15) is 6.42 Å². The molecule has 6 atom stereocenters. The van der Waals surface area contributed by atoms with Crippen molar-refractivity contribution in [2.75, 3.05) is 4.90 Å². The van der Waals surface area contributed by atoms with E-state index in [1.54, 1.807) is 0 Å². The van der Waals surface area contributed by atoms with E-state index >= 15 is 0 Å². The first-order valence-corrected chi connectivity index (χ1v) is 6.66. The third-order valence-electron chi connectivity index (χ3n) is 5.01. The van der Waals surface area contributed by atoms with Crippen molar-refractivity contribution in [3.8, 4) is 0 Å². The lowest BCUT2D eigenvalue weighted by atomic mass is 9.90. The van der Waals surface area contributed by atoms with Gasteiger partial charge >= 0.3 is 0 Å². The fourth-order valence-corrected chi connectivity index (χ4v) is 4.45. The van der Waals surface area contributed by atoms with Gasteiger partial charge in [0.25, 0.3) is 0 Å². The molecule has 0 radical (unpaired) electrons. The maximum Gasteiger partial charge on any atom is 0.100 e. The predicted octanol–water partition coefficient (Wildman–Crippen LogP) is 2.75. The van der Waals surface area contributed by atoms with Gasteiger partial charge in [0.05, 0.1) is 12.1 Å². The summed E-state index contributed by atoms with van der Waals surface area (Å²) in [6.45, 7) is 0. The molecular weight excluding hydrogens is 234 g/mol. The molecule has 0 N–H and O–H groups in total. The summed E-state index contributed by atoms with van der Waals surface area (Å²) in [5.74, 6) is 1.53. The van der Waals surface area contributed by atoms with Crippen molar-refractivity contribution in [1.82, 2.24) is 0 Å². The van der Waals surface area contributed by atoms with Gasteiger partial charge in [-0.2, -0.15) is 10.2 Å². The lowest BCUT2D eigenvalue weighted by Gasteiger charge is -2.27. The van der Waals surface area contributed by atoms with E-state index in [2.05, 4.69) is 27.3 Å². The van der Waals surface area contributed by atoms with Crippen LogP contribution in [0.4, 0.5) is 5.69 Å². The highest BCUT2D eigenvalue weighted by atomic mass is 35.5. The smallest absolute Gasteiger partial charge is 0.100 e. The normalized spacial score (nSPS) is 47.7. The van der Waals surface area contributed by atoms with E-state index in [1.165, 1.54) is 12.1 Å². The lowest BCUT2D eigenvalue weighted by Crippen LogP contribution is -2.39. The summed E-state index contributed by atoms with van der Waals surface area (Å²) in [6, 6.07) is 10.8. The molecule has 0 amide bonds. The van der Waals surface area contributed by atoms with Crippen molar-refractivity contribution in [2.45, 2.75) is 30.6 Å². The highest BCUT2D eigenvalue weighted by Crippen LogP contribution is 2.63. The van der Waals surface area contributed by atoms with Gasteiger partial charge in [0.2, 0.25) is 0 Å². The maximum absolute atomic E-state index is 5.93. The molecule has 2 saturated carbocycles. The molecule has 2 heterocycles. The molecule has 4 heteroatoms. The predicted molar refractivity (Wildman–Crippen MR) is 65.5 cm³/mol. The lowest BCUT2D eigenvalue weighted by molar-refractivity contribution is 0.315. The number of anilines is 1. The van der Waals surface area contributed by atoms with E-state index in [4.69, 9.17) is 11.6 Å². The number of hydrogen-bond donors (Lipinski definition) is 0. The van der Waals surface area contributed by atoms with Gasteiger partial charge in [-0.1, -0.05) is 11.6 Å². The molecule has 3 fully saturated rings. The van der Waals surface area contributed by atoms with Crippen molar-refractivity contribution in [3.63, 3.8) is 0 Å². The summed E-state index contributed by atoms with van der Waals surface area (Å²) in [6.07, 6.45) is 1.35. The van der Waals surface area contributed by atoms with E-state index in [-0.39, 0.29) is 0 Å². The van der Waals surface area contributed by atoms with Gasteiger partial charge in [-0.05, 0) is 30.7 Å². The van der Waals surface area contributed by atoms with Gasteiger partial charge in [-0.15, -0.1) is 0 Å². The van der Waals surface area contributed by atoms with Crippen molar-refractivity contribution in [1.29, 1.82) is 0 Å². The molecule has 17 heavy (non-hydrogen) atoms. The number of fused-ring (bicyclic) bond motifs is 8. The monoisotopic (exact) mass is 245 g/mol. The van der Waals surface area contributed by atoms with Crippen LogP contribution in [-0.4, -0.2) is 24.2 Å². The molecule has 0 aromatic heterocycles. The molecule has 1 saturated heterocycles. The van der Waals surface area contributed by atoms with Crippen molar-refractivity contribution in [2.24, 2.45) is 22.1 Å². The fraction of sp³-hybridized carbons (Fsp3) is 0.538. The zero-order chi connectivity index (χ0) is 11.1. The number of nitrogens with zero attached hydrogens (tertiary/aromatic N) is 3. The minimum absolute atomic E-state index is 0.554. The van der Waals surface area contributed by atoms with Gasteiger partial charge in [-0.25, -0.2) is 0 Å². The molecule has 2 unspecified atom stereocenters. The Hall–Kier alpha value is -1.09. The minimum atomic E-state index is 0.554. The zero-order valence-electron chi connectivity index (χ0n) is 9.20. The van der Waals surface area contributed by atoms with E-state index in [0.29, 0.717) is 12.1 Å². The first-order chi connectivity index (χ1) is 8.34. The van der Waals surface area contributed by atoms with Crippen LogP contribution >= 0.6 is 11.6 Å². The SMILES string of the molecule is Clc1ccc(N2C3C2[C@@H]2C[C@H]3[C@H]3N=N[C@H]32)cc1. The summed E-state index contributed by atoms with van der Waals surface area (Å²) in [5, 5.41) is 9.43. The quantitative estimate of drug-likeness (QED) is 0.699. The molecule has 86 valence electrons. The van der Waals surface area contributed by atoms with E-state index in [1.807, 2.05) is 12.1 Å². The zero-order valence-corrected chi connectivity index (χ0v) is 9.96. The van der Waals surface area contributed by atoms with Crippen LogP contribution in [0.25, 0.3) is 0 Å². The van der Waals surface area contributed by atoms with Crippen LogP contribution in [0.2, 0.25) is 5.02 Å². The Morgan fingerprint density at radius 2 is 1.59 bits per heavy atom. The van der Waals surface area contributed by atoms with E-state index in [9.17, 15) is 0 Å². The Kier molecular flexibility index (Phi) is 1.40. The Labute approximate surface area is 104 Å². The standard InChI is InChI=1S/C13H12ClN3/c14-6-1-3-7(4-2-6)17-12-8-5-9(13(12)17)11-10(8)15-16-11/h1-4,8-13H,5H2/t8-,9+,10+,11-,12?,13?,17?. The second kappa shape index (κ2) is 2.66. The first kappa shape index (κ1) is 8.92. The number of rotatable bonds is 1. The molecule has 2 bridgehead atoms. The Morgan fingerprint density at radius 3 is 2.12 bits per heavy atom. The topological polar surface area (TPSA) is 27.7 Å². The molecule has 1 aromatic carbocycles. The van der Waals surface area contributed by atoms with Gasteiger partial charge in [0, 0.05) is 22.5 Å². The number of benzene rings is 1. The maximum atomic E-state index is 5.93. The fourth-order valence-electron chi connectivity index (χ4n) is 4.32. The Morgan fingerprint density at radius 1 is 1.00 bits per heavy atom. The number of hydrogen-bond acceptors (Lipinski definition) is 3. The van der Waals surface area contributed by atoms with Crippen molar-refractivity contribution >= 4 is 17.3 Å². The third-order valence-corrected chi connectivity index (χ3v) is 5.26. The number of azo groups is 1. The van der Waals surface area contributed by atoms with Crippen LogP contribution in [0.5, 0.6) is 0 Å². The summed E-state index contributed by atoms with van der Waals surface area (Å²) in [7, 11) is 0. The van der Waals surface area contributed by atoms with Crippen molar-refractivity contribution < 1.29 is 0 Å². The first-order valence-electron chi connectivity index (χ1n) is 6.28. The average Bonchev–Trinajstić information content (AvgIpc) is 2.84. The summed E-state index contributed by atoms with van der Waals surface area (Å²) >= 11 is 5.93. The molecular formula is C13H12ClN3. The highest BCUT2D eigenvalue weighted by Gasteiger charge is 2.72. The molecule has 2 aliphatic carbocycles.